The Bertz CT molecular complexity index is 1240. The smallest absolute Gasteiger partial charge is 0.0695 e. The van der Waals surface area contributed by atoms with E-state index >= 15 is 0 Å². The van der Waals surface area contributed by atoms with Crippen LogP contribution < -0.4 is 4.90 Å². The molecule has 2 nitrogen and oxygen atoms in total. The molecule has 1 aromatic heterocycles. The number of hydrogen-bond acceptors (Lipinski definition) is 2. The van der Waals surface area contributed by atoms with E-state index in [1.807, 2.05) is 25.4 Å². The lowest BCUT2D eigenvalue weighted by Gasteiger charge is -2.21. The molecule has 1 heterocycles. The van der Waals surface area contributed by atoms with Crippen molar-refractivity contribution >= 4 is 51.0 Å². The van der Waals surface area contributed by atoms with Crippen LogP contribution in [0.3, 0.4) is 0 Å². The van der Waals surface area contributed by atoms with Crippen molar-refractivity contribution in [1.29, 1.82) is 0 Å². The Hall–Kier alpha value is -2.62. The lowest BCUT2D eigenvalue weighted by atomic mass is 9.95. The molecule has 0 amide bonds. The van der Waals surface area contributed by atoms with Crippen LogP contribution >= 0.6 is 23.8 Å². The highest BCUT2D eigenvalue weighted by Gasteiger charge is 2.15. The van der Waals surface area contributed by atoms with E-state index in [-0.39, 0.29) is 0 Å². The van der Waals surface area contributed by atoms with Gasteiger partial charge in [-0.3, -0.25) is 0 Å². The summed E-state index contributed by atoms with van der Waals surface area (Å²) >= 11 is 12.5. The summed E-state index contributed by atoms with van der Waals surface area (Å²) in [5, 5.41) is 1.85. The van der Waals surface area contributed by atoms with Gasteiger partial charge in [0.2, 0.25) is 0 Å². The molecule has 0 radical (unpaired) electrons. The molecule has 4 heteroatoms. The van der Waals surface area contributed by atoms with Crippen molar-refractivity contribution in [2.75, 3.05) is 11.9 Å². The van der Waals surface area contributed by atoms with Gasteiger partial charge in [-0.15, -0.1) is 0 Å². The maximum Gasteiger partial charge on any atom is 0.0695 e. The predicted octanol–water partition coefficient (Wildman–Crippen LogP) is 7.28. The van der Waals surface area contributed by atoms with E-state index < -0.39 is 0 Å². The normalized spacial score (nSPS) is 11.1. The van der Waals surface area contributed by atoms with E-state index in [0.717, 1.165) is 32.9 Å². The molecule has 146 valence electrons. The molecule has 0 saturated heterocycles. The largest absolute Gasteiger partial charge is 0.359 e. The Morgan fingerprint density at radius 3 is 2.41 bits per heavy atom. The molecule has 0 aliphatic heterocycles. The molecule has 0 aliphatic rings. The number of hydrogen-bond donors (Lipinski definition) is 1. The number of rotatable bonds is 4. The van der Waals surface area contributed by atoms with E-state index in [4.69, 9.17) is 23.8 Å². The van der Waals surface area contributed by atoms with Crippen molar-refractivity contribution in [3.63, 3.8) is 0 Å². The van der Waals surface area contributed by atoms with Gasteiger partial charge in [0.1, 0.15) is 0 Å². The molecule has 4 aromatic rings. The number of fused-ring (bicyclic) bond motifs is 1. The lowest BCUT2D eigenvalue weighted by molar-refractivity contribution is 1.21. The van der Waals surface area contributed by atoms with Gasteiger partial charge in [-0.25, -0.2) is 0 Å². The molecule has 0 unspecified atom stereocenters. The quantitative estimate of drug-likeness (QED) is 0.277. The second-order valence-corrected chi connectivity index (χ2v) is 8.34. The number of anilines is 2. The van der Waals surface area contributed by atoms with Gasteiger partial charge in [0, 0.05) is 29.9 Å². The molecule has 0 atom stereocenters. The number of H-pyrrole nitrogens is 1. The van der Waals surface area contributed by atoms with Crippen molar-refractivity contribution in [2.24, 2.45) is 0 Å². The van der Waals surface area contributed by atoms with Gasteiger partial charge in [-0.2, -0.15) is 0 Å². The van der Waals surface area contributed by atoms with Crippen LogP contribution in [0.15, 0.2) is 60.8 Å². The van der Waals surface area contributed by atoms with Gasteiger partial charge in [0.05, 0.1) is 21.1 Å². The highest BCUT2D eigenvalue weighted by molar-refractivity contribution is 7.81. The molecular weight excluding hydrogens is 396 g/mol. The van der Waals surface area contributed by atoms with Gasteiger partial charge in [0.15, 0.2) is 0 Å². The zero-order valence-electron chi connectivity index (χ0n) is 17.0. The fraction of sp³-hybridized carbons (Fsp3) is 0.160. The van der Waals surface area contributed by atoms with Gasteiger partial charge in [0.25, 0.3) is 0 Å². The van der Waals surface area contributed by atoms with Crippen LogP contribution in [-0.4, -0.2) is 16.9 Å². The van der Waals surface area contributed by atoms with Gasteiger partial charge in [-0.05, 0) is 73.4 Å². The van der Waals surface area contributed by atoms with Gasteiger partial charge >= 0.3 is 0 Å². The molecule has 4 rings (SSSR count). The molecule has 0 saturated carbocycles. The Balaban J connectivity index is 1.70. The Labute approximate surface area is 182 Å². The zero-order valence-corrected chi connectivity index (χ0v) is 18.6. The predicted molar refractivity (Wildman–Crippen MR) is 129 cm³/mol. The van der Waals surface area contributed by atoms with E-state index in [1.54, 1.807) is 0 Å². The van der Waals surface area contributed by atoms with Crippen LogP contribution in [0.5, 0.6) is 0 Å². The molecule has 0 bridgehead atoms. The number of nitrogens with one attached hydrogen (secondary N) is 1. The fourth-order valence-corrected chi connectivity index (χ4v) is 4.46. The minimum atomic E-state index is 0.663. The van der Waals surface area contributed by atoms with Crippen LogP contribution in [-0.2, 0) is 0 Å². The minimum absolute atomic E-state index is 0.663. The topological polar surface area (TPSA) is 19.0 Å². The second-order valence-electron chi connectivity index (χ2n) is 7.52. The third-order valence-corrected chi connectivity index (χ3v) is 6.35. The molecule has 0 spiro atoms. The van der Waals surface area contributed by atoms with Crippen molar-refractivity contribution in [3.05, 3.63) is 93.6 Å². The summed E-state index contributed by atoms with van der Waals surface area (Å²) in [7, 11) is 2.05. The lowest BCUT2D eigenvalue weighted by Crippen LogP contribution is -2.11. The summed E-state index contributed by atoms with van der Waals surface area (Å²) in [6, 6.07) is 18.8. The van der Waals surface area contributed by atoms with E-state index in [1.165, 1.54) is 22.1 Å². The standard InChI is InChI=1S/C25H23ClN2S/c1-15-12-17(3)21(13-16(15)2)25(29)20-9-8-19(14-22(20)26)28(4)23-7-5-6-18-10-11-27-24(18)23/h5-14,27H,1-4H3. The Kier molecular flexibility index (Phi) is 5.20. The SMILES string of the molecule is Cc1cc(C)c(C(=S)c2ccc(N(C)c3cccc4cc[nH]c34)cc2Cl)cc1C. The van der Waals surface area contributed by atoms with Crippen LogP contribution in [0.2, 0.25) is 5.02 Å². The Morgan fingerprint density at radius 2 is 1.66 bits per heavy atom. The number of aromatic amines is 1. The maximum atomic E-state index is 6.70. The Morgan fingerprint density at radius 1 is 0.897 bits per heavy atom. The molecule has 0 aliphatic carbocycles. The number of aryl methyl sites for hydroxylation is 3. The van der Waals surface area contributed by atoms with Crippen LogP contribution in [0, 0.1) is 20.8 Å². The molecular formula is C25H23ClN2S. The number of thiocarbonyl (C=S) groups is 1. The maximum absolute atomic E-state index is 6.70. The third kappa shape index (κ3) is 3.57. The number of aromatic nitrogens is 1. The van der Waals surface area contributed by atoms with E-state index in [9.17, 15) is 0 Å². The number of para-hydroxylation sites is 1. The third-order valence-electron chi connectivity index (χ3n) is 5.60. The van der Waals surface area contributed by atoms with Crippen LogP contribution in [0.4, 0.5) is 11.4 Å². The molecule has 29 heavy (non-hydrogen) atoms. The van der Waals surface area contributed by atoms with Crippen molar-refractivity contribution in [3.8, 4) is 0 Å². The fourth-order valence-electron chi connectivity index (χ4n) is 3.73. The van der Waals surface area contributed by atoms with Gasteiger partial charge in [-0.1, -0.05) is 48.1 Å². The van der Waals surface area contributed by atoms with Crippen LogP contribution in [0.1, 0.15) is 27.8 Å². The van der Waals surface area contributed by atoms with Gasteiger partial charge < -0.3 is 9.88 Å². The van der Waals surface area contributed by atoms with E-state index in [0.29, 0.717) is 5.02 Å². The summed E-state index contributed by atoms with van der Waals surface area (Å²) in [5.74, 6) is 0. The first-order chi connectivity index (χ1) is 13.9. The van der Waals surface area contributed by atoms with E-state index in [2.05, 4.69) is 73.1 Å². The number of benzene rings is 3. The average Bonchev–Trinajstić information content (AvgIpc) is 3.18. The summed E-state index contributed by atoms with van der Waals surface area (Å²) in [6.07, 6.45) is 1.96. The zero-order chi connectivity index (χ0) is 20.7. The van der Waals surface area contributed by atoms with Crippen molar-refractivity contribution < 1.29 is 0 Å². The first-order valence-electron chi connectivity index (χ1n) is 9.58. The summed E-state index contributed by atoms with van der Waals surface area (Å²) in [6.45, 7) is 6.33. The molecule has 0 fully saturated rings. The molecule has 3 aromatic carbocycles. The summed E-state index contributed by atoms with van der Waals surface area (Å²) in [4.78, 5) is 6.25. The van der Waals surface area contributed by atoms with Crippen molar-refractivity contribution in [2.45, 2.75) is 20.8 Å². The second kappa shape index (κ2) is 7.66. The summed E-state index contributed by atoms with van der Waals surface area (Å²) in [5.41, 5.74) is 8.87. The number of halogens is 1. The monoisotopic (exact) mass is 418 g/mol. The number of nitrogens with zero attached hydrogens (tertiary/aromatic N) is 1. The first kappa shape index (κ1) is 19.7. The molecule has 1 N–H and O–H groups in total. The minimum Gasteiger partial charge on any atom is -0.359 e. The highest BCUT2D eigenvalue weighted by Crippen LogP contribution is 2.33. The van der Waals surface area contributed by atoms with Crippen molar-refractivity contribution in [1.82, 2.24) is 4.98 Å². The summed E-state index contributed by atoms with van der Waals surface area (Å²) < 4.78 is 0. The van der Waals surface area contributed by atoms with Crippen LogP contribution in [0.25, 0.3) is 10.9 Å². The first-order valence-corrected chi connectivity index (χ1v) is 10.4. The highest BCUT2D eigenvalue weighted by atomic mass is 35.5. The average molecular weight is 419 g/mol.